The maximum atomic E-state index is 15.0. The Morgan fingerprint density at radius 1 is 0.951 bits per heavy atom. The number of benzene rings is 2. The van der Waals surface area contributed by atoms with Gasteiger partial charge in [0.25, 0.3) is 11.8 Å². The molecule has 2 aromatic carbocycles. The maximum absolute atomic E-state index is 15.0. The summed E-state index contributed by atoms with van der Waals surface area (Å²) in [5.74, 6) is -3.67. The number of methoxy groups -OCH3 is 2. The third-order valence-corrected chi connectivity index (χ3v) is 7.05. The van der Waals surface area contributed by atoms with Crippen LogP contribution >= 0.6 is 0 Å². The number of halogens is 6. The number of carbonyl (C=O) groups excluding carboxylic acids is 3. The van der Waals surface area contributed by atoms with E-state index in [-0.39, 0.29) is 18.5 Å². The Kier molecular flexibility index (Phi) is 7.38. The molecule has 1 aliphatic carbocycles. The molecule has 0 fully saturated rings. The lowest BCUT2D eigenvalue weighted by Gasteiger charge is -2.35. The van der Waals surface area contributed by atoms with Crippen molar-refractivity contribution in [3.8, 4) is 11.5 Å². The van der Waals surface area contributed by atoms with Gasteiger partial charge in [-0.25, -0.2) is 0 Å². The zero-order chi connectivity index (χ0) is 30.5. The molecule has 0 bridgehead atoms. The van der Waals surface area contributed by atoms with Crippen LogP contribution < -0.4 is 14.8 Å². The standard InChI is InChI=1S/C28H26F6N2O5/c1-25(2)12-20-22(21(37)13-25)26(28(32,33)34,35-23(38)16-6-5-7-17(10-16)27(29,30)31)24(39)36(20)14-15-8-18(40-3)11-19(9-15)41-4/h5-11H,12-14H2,1-4H3,(H,35,38). The van der Waals surface area contributed by atoms with E-state index in [2.05, 4.69) is 0 Å². The van der Waals surface area contributed by atoms with Crippen molar-refractivity contribution in [3.63, 3.8) is 0 Å². The van der Waals surface area contributed by atoms with Crippen LogP contribution in [0.3, 0.4) is 0 Å². The van der Waals surface area contributed by atoms with Crippen LogP contribution in [-0.2, 0) is 22.3 Å². The van der Waals surface area contributed by atoms with Gasteiger partial charge in [-0.3, -0.25) is 14.4 Å². The Morgan fingerprint density at radius 3 is 2.10 bits per heavy atom. The van der Waals surface area contributed by atoms with E-state index >= 15 is 13.2 Å². The largest absolute Gasteiger partial charge is 0.497 e. The van der Waals surface area contributed by atoms with Crippen LogP contribution in [0.5, 0.6) is 11.5 Å². The first-order valence-corrected chi connectivity index (χ1v) is 12.3. The summed E-state index contributed by atoms with van der Waals surface area (Å²) in [4.78, 5) is 41.1. The molecule has 0 aromatic heterocycles. The first-order valence-electron chi connectivity index (χ1n) is 12.3. The highest BCUT2D eigenvalue weighted by molar-refractivity contribution is 6.14. The predicted molar refractivity (Wildman–Crippen MR) is 133 cm³/mol. The van der Waals surface area contributed by atoms with Gasteiger partial charge >= 0.3 is 12.4 Å². The molecule has 4 rings (SSSR count). The molecular weight excluding hydrogens is 558 g/mol. The zero-order valence-corrected chi connectivity index (χ0v) is 22.4. The fourth-order valence-electron chi connectivity index (χ4n) is 5.21. The Balaban J connectivity index is 1.87. The number of rotatable bonds is 6. The van der Waals surface area contributed by atoms with Crippen LogP contribution in [0.25, 0.3) is 0 Å². The summed E-state index contributed by atoms with van der Waals surface area (Å²) >= 11 is 0. The number of Topliss-reactive ketones (excluding diaryl/α,β-unsaturated/α-hetero) is 1. The minimum Gasteiger partial charge on any atom is -0.497 e. The molecule has 2 amide bonds. The molecule has 2 aliphatic rings. The van der Waals surface area contributed by atoms with Crippen LogP contribution in [-0.4, -0.2) is 48.4 Å². The molecule has 13 heteroatoms. The lowest BCUT2D eigenvalue weighted by atomic mass is 9.72. The lowest BCUT2D eigenvalue weighted by molar-refractivity contribution is -0.190. The molecule has 1 heterocycles. The molecule has 1 atom stereocenters. The normalized spacial score (nSPS) is 20.7. The highest BCUT2D eigenvalue weighted by atomic mass is 19.4. The van der Waals surface area contributed by atoms with E-state index in [4.69, 9.17) is 9.47 Å². The summed E-state index contributed by atoms with van der Waals surface area (Å²) in [6.07, 6.45) is -10.9. The molecule has 220 valence electrons. The highest BCUT2D eigenvalue weighted by Crippen LogP contribution is 2.52. The predicted octanol–water partition coefficient (Wildman–Crippen LogP) is 5.44. The third-order valence-electron chi connectivity index (χ3n) is 7.05. The van der Waals surface area contributed by atoms with Crippen molar-refractivity contribution in [2.24, 2.45) is 5.41 Å². The molecule has 2 aromatic rings. The van der Waals surface area contributed by atoms with Crippen molar-refractivity contribution in [1.82, 2.24) is 10.2 Å². The molecule has 0 saturated carbocycles. The second kappa shape index (κ2) is 10.1. The van der Waals surface area contributed by atoms with E-state index in [1.807, 2.05) is 0 Å². The van der Waals surface area contributed by atoms with Crippen molar-refractivity contribution in [1.29, 1.82) is 0 Å². The fraction of sp³-hybridized carbons (Fsp3) is 0.393. The number of carbonyl (C=O) groups is 3. The van der Waals surface area contributed by atoms with E-state index in [0.29, 0.717) is 29.2 Å². The van der Waals surface area contributed by atoms with Crippen molar-refractivity contribution >= 4 is 17.6 Å². The van der Waals surface area contributed by atoms with E-state index in [9.17, 15) is 27.6 Å². The van der Waals surface area contributed by atoms with E-state index < -0.39 is 64.1 Å². The number of ketones is 1. The van der Waals surface area contributed by atoms with Gasteiger partial charge in [-0.15, -0.1) is 0 Å². The van der Waals surface area contributed by atoms with Gasteiger partial charge < -0.3 is 19.7 Å². The second-order valence-electron chi connectivity index (χ2n) is 10.7. The number of nitrogens with one attached hydrogen (secondary N) is 1. The first-order chi connectivity index (χ1) is 18.9. The number of hydrogen-bond donors (Lipinski definition) is 1. The number of hydrogen-bond acceptors (Lipinski definition) is 5. The summed E-state index contributed by atoms with van der Waals surface area (Å²) in [5.41, 5.74) is -7.54. The van der Waals surface area contributed by atoms with Crippen molar-refractivity contribution in [2.75, 3.05) is 14.2 Å². The van der Waals surface area contributed by atoms with Crippen molar-refractivity contribution in [3.05, 3.63) is 70.4 Å². The molecule has 7 nitrogen and oxygen atoms in total. The van der Waals surface area contributed by atoms with Crippen LogP contribution in [0.2, 0.25) is 0 Å². The van der Waals surface area contributed by atoms with E-state index in [1.165, 1.54) is 32.4 Å². The Morgan fingerprint density at radius 2 is 1.56 bits per heavy atom. The average molecular weight is 585 g/mol. The SMILES string of the molecule is COc1cc(CN2C(=O)C(NC(=O)c3cccc(C(F)(F)F)c3)(C(F)(F)F)C3=C2CC(C)(C)CC3=O)cc(OC)c1. The number of ether oxygens (including phenoxy) is 2. The summed E-state index contributed by atoms with van der Waals surface area (Å²) in [6, 6.07) is 7.23. The van der Waals surface area contributed by atoms with E-state index in [1.54, 1.807) is 19.2 Å². The van der Waals surface area contributed by atoms with Crippen LogP contribution in [0, 0.1) is 5.41 Å². The maximum Gasteiger partial charge on any atom is 0.425 e. The number of nitrogens with zero attached hydrogens (tertiary/aromatic N) is 1. The molecular formula is C28H26F6N2O5. The van der Waals surface area contributed by atoms with Crippen LogP contribution in [0.4, 0.5) is 26.3 Å². The summed E-state index contributed by atoms with van der Waals surface area (Å²) in [5, 5.41) is 1.64. The second-order valence-corrected chi connectivity index (χ2v) is 10.7. The molecule has 0 saturated heterocycles. The summed E-state index contributed by atoms with van der Waals surface area (Å²) in [6.45, 7) is 2.87. The third kappa shape index (κ3) is 5.36. The molecule has 0 spiro atoms. The van der Waals surface area contributed by atoms with Gasteiger partial charge in [-0.2, -0.15) is 26.3 Å². The van der Waals surface area contributed by atoms with Gasteiger partial charge in [-0.05, 0) is 47.7 Å². The van der Waals surface area contributed by atoms with Gasteiger partial charge in [0.05, 0.1) is 31.9 Å². The highest BCUT2D eigenvalue weighted by Gasteiger charge is 2.71. The number of alkyl halides is 6. The van der Waals surface area contributed by atoms with E-state index in [0.717, 1.165) is 17.0 Å². The number of amides is 2. The molecule has 1 N–H and O–H groups in total. The average Bonchev–Trinajstić information content (AvgIpc) is 3.10. The van der Waals surface area contributed by atoms with Gasteiger partial charge in [0, 0.05) is 23.7 Å². The van der Waals surface area contributed by atoms with Gasteiger partial charge in [0.15, 0.2) is 5.78 Å². The van der Waals surface area contributed by atoms with Gasteiger partial charge in [0.1, 0.15) is 11.5 Å². The Bertz CT molecular complexity index is 1420. The number of allylic oxidation sites excluding steroid dienone is 1. The van der Waals surface area contributed by atoms with Gasteiger partial charge in [-0.1, -0.05) is 19.9 Å². The monoisotopic (exact) mass is 584 g/mol. The smallest absolute Gasteiger partial charge is 0.425 e. The molecule has 1 aliphatic heterocycles. The van der Waals surface area contributed by atoms with Crippen LogP contribution in [0.15, 0.2) is 53.7 Å². The fourth-order valence-corrected chi connectivity index (χ4v) is 5.21. The summed E-state index contributed by atoms with van der Waals surface area (Å²) < 4.78 is 95.2. The first kappa shape index (κ1) is 29.9. The molecule has 1 unspecified atom stereocenters. The topological polar surface area (TPSA) is 84.9 Å². The summed E-state index contributed by atoms with van der Waals surface area (Å²) in [7, 11) is 2.72. The molecule has 41 heavy (non-hydrogen) atoms. The minimum absolute atomic E-state index is 0.113. The van der Waals surface area contributed by atoms with Crippen molar-refractivity contribution < 1.29 is 50.2 Å². The Hall–Kier alpha value is -4.03. The Labute approximate surface area is 231 Å². The molecule has 0 radical (unpaired) electrons. The van der Waals surface area contributed by atoms with Crippen molar-refractivity contribution in [2.45, 2.75) is 51.1 Å². The van der Waals surface area contributed by atoms with Crippen LogP contribution in [0.1, 0.15) is 48.2 Å². The van der Waals surface area contributed by atoms with Gasteiger partial charge in [0.2, 0.25) is 5.54 Å². The lowest BCUT2D eigenvalue weighted by Crippen LogP contribution is -2.66. The minimum atomic E-state index is -5.53. The quantitative estimate of drug-likeness (QED) is 0.458. The zero-order valence-electron chi connectivity index (χ0n) is 22.4.